The van der Waals surface area contributed by atoms with Gasteiger partial charge in [-0.05, 0) is 36.8 Å². The standard InChI is InChI=1S/C32H48N2O5S/c1-2-3-4-5-6-7-8-9-10-11-12-13-14-15-16-20-26-39-31(35)28-22-21-23-29(27-28)33-32(36)34-40(37,38)30-24-18-17-19-25-30/h17-19,21-25,27H,2-16,20,26H2,1H3,(H2,33,34,36). The molecule has 0 saturated carbocycles. The van der Waals surface area contributed by atoms with Gasteiger partial charge in [-0.25, -0.2) is 22.7 Å². The lowest BCUT2D eigenvalue weighted by Crippen LogP contribution is -2.34. The maximum atomic E-state index is 12.4. The van der Waals surface area contributed by atoms with Gasteiger partial charge in [-0.2, -0.15) is 0 Å². The SMILES string of the molecule is CCCCCCCCCCCCCCCCCCOC(=O)c1cccc(NC(=O)NS(=O)(=O)c2ccccc2)c1. The molecule has 0 aliphatic carbocycles. The van der Waals surface area contributed by atoms with E-state index in [2.05, 4.69) is 12.2 Å². The number of hydrogen-bond acceptors (Lipinski definition) is 5. The van der Waals surface area contributed by atoms with E-state index in [-0.39, 0.29) is 10.6 Å². The van der Waals surface area contributed by atoms with Crippen LogP contribution in [0.4, 0.5) is 10.5 Å². The third-order valence-electron chi connectivity index (χ3n) is 6.87. The van der Waals surface area contributed by atoms with Gasteiger partial charge in [0.1, 0.15) is 0 Å². The highest BCUT2D eigenvalue weighted by molar-refractivity contribution is 7.90. The first kappa shape index (κ1) is 33.3. The van der Waals surface area contributed by atoms with E-state index in [9.17, 15) is 18.0 Å². The Labute approximate surface area is 241 Å². The van der Waals surface area contributed by atoms with Gasteiger partial charge in [0.15, 0.2) is 0 Å². The molecule has 0 unspecified atom stereocenters. The van der Waals surface area contributed by atoms with Crippen LogP contribution in [0.3, 0.4) is 0 Å². The van der Waals surface area contributed by atoms with Crippen LogP contribution in [0.15, 0.2) is 59.5 Å². The first-order chi connectivity index (χ1) is 19.4. The van der Waals surface area contributed by atoms with Gasteiger partial charge in [0, 0.05) is 5.69 Å². The van der Waals surface area contributed by atoms with Crippen LogP contribution in [0.2, 0.25) is 0 Å². The van der Waals surface area contributed by atoms with E-state index < -0.39 is 22.0 Å². The molecule has 0 heterocycles. The minimum absolute atomic E-state index is 0.0171. The average Bonchev–Trinajstić information content (AvgIpc) is 2.95. The second-order valence-corrected chi connectivity index (χ2v) is 12.1. The van der Waals surface area contributed by atoms with Crippen molar-refractivity contribution in [2.45, 2.75) is 115 Å². The lowest BCUT2D eigenvalue weighted by molar-refractivity contribution is 0.0497. The fourth-order valence-electron chi connectivity index (χ4n) is 4.56. The molecule has 8 heteroatoms. The summed E-state index contributed by atoms with van der Waals surface area (Å²) < 4.78 is 31.9. The second-order valence-electron chi connectivity index (χ2n) is 10.4. The van der Waals surface area contributed by atoms with Gasteiger partial charge >= 0.3 is 12.0 Å². The number of amides is 2. The number of sulfonamides is 1. The van der Waals surface area contributed by atoms with E-state index in [1.54, 1.807) is 36.4 Å². The Kier molecular flexibility index (Phi) is 16.7. The molecule has 0 spiro atoms. The molecule has 2 N–H and O–H groups in total. The van der Waals surface area contributed by atoms with Crippen molar-refractivity contribution < 1.29 is 22.7 Å². The minimum Gasteiger partial charge on any atom is -0.462 e. The van der Waals surface area contributed by atoms with Gasteiger partial charge in [0.25, 0.3) is 10.0 Å². The van der Waals surface area contributed by atoms with Gasteiger partial charge in [-0.1, -0.05) is 128 Å². The lowest BCUT2D eigenvalue weighted by Gasteiger charge is -2.10. The minimum atomic E-state index is -3.99. The number of hydrogen-bond donors (Lipinski definition) is 2. The fourth-order valence-corrected chi connectivity index (χ4v) is 5.49. The summed E-state index contributed by atoms with van der Waals surface area (Å²) in [5.74, 6) is -0.470. The summed E-state index contributed by atoms with van der Waals surface area (Å²) in [6, 6.07) is 12.9. The van der Waals surface area contributed by atoms with Crippen molar-refractivity contribution in [3.8, 4) is 0 Å². The van der Waals surface area contributed by atoms with Gasteiger partial charge in [0.2, 0.25) is 0 Å². The molecule has 0 atom stereocenters. The predicted molar refractivity (Wildman–Crippen MR) is 162 cm³/mol. The number of rotatable bonds is 21. The maximum absolute atomic E-state index is 12.4. The number of ether oxygens (including phenoxy) is 1. The zero-order chi connectivity index (χ0) is 28.9. The highest BCUT2D eigenvalue weighted by Crippen LogP contribution is 2.15. The maximum Gasteiger partial charge on any atom is 0.338 e. The number of carbonyl (C=O) groups is 2. The summed E-state index contributed by atoms with van der Waals surface area (Å²) in [5, 5.41) is 2.45. The Morgan fingerprint density at radius 3 is 1.75 bits per heavy atom. The second kappa shape index (κ2) is 20.1. The van der Waals surface area contributed by atoms with Crippen molar-refractivity contribution in [3.05, 3.63) is 60.2 Å². The van der Waals surface area contributed by atoms with Gasteiger partial charge in [0.05, 0.1) is 17.1 Å². The highest BCUT2D eigenvalue weighted by Gasteiger charge is 2.17. The van der Waals surface area contributed by atoms with Crippen LogP contribution < -0.4 is 10.0 Å². The quantitative estimate of drug-likeness (QED) is 0.115. The number of nitrogens with one attached hydrogen (secondary N) is 2. The largest absolute Gasteiger partial charge is 0.462 e. The third-order valence-corrected chi connectivity index (χ3v) is 8.21. The molecular formula is C32H48N2O5S. The Morgan fingerprint density at radius 1 is 0.675 bits per heavy atom. The van der Waals surface area contributed by atoms with Crippen LogP contribution in [-0.2, 0) is 14.8 Å². The van der Waals surface area contributed by atoms with E-state index in [1.807, 2.05) is 4.72 Å². The van der Waals surface area contributed by atoms with Crippen molar-refractivity contribution in [2.75, 3.05) is 11.9 Å². The Hall–Kier alpha value is -2.87. The Bertz CT molecular complexity index is 1090. The van der Waals surface area contributed by atoms with Crippen molar-refractivity contribution in [3.63, 3.8) is 0 Å². The number of esters is 1. The molecule has 0 radical (unpaired) electrons. The van der Waals surface area contributed by atoms with Crippen LogP contribution in [0, 0.1) is 0 Å². The Balaban J connectivity index is 1.52. The fraction of sp³-hybridized carbons (Fsp3) is 0.562. The summed E-state index contributed by atoms with van der Waals surface area (Å²) in [6.07, 6.45) is 20.6. The van der Waals surface area contributed by atoms with Gasteiger partial charge in [-0.3, -0.25) is 0 Å². The normalized spacial score (nSPS) is 11.2. The molecule has 0 aromatic heterocycles. The number of urea groups is 1. The summed E-state index contributed by atoms with van der Waals surface area (Å²) in [4.78, 5) is 24.6. The molecule has 2 aromatic carbocycles. The molecule has 2 amide bonds. The molecule has 222 valence electrons. The summed E-state index contributed by atoms with van der Waals surface area (Å²) in [7, 11) is -3.99. The summed E-state index contributed by atoms with van der Waals surface area (Å²) >= 11 is 0. The number of carbonyl (C=O) groups excluding carboxylic acids is 2. The van der Waals surface area contributed by atoms with Crippen molar-refractivity contribution >= 4 is 27.7 Å². The van der Waals surface area contributed by atoms with Gasteiger partial charge < -0.3 is 10.1 Å². The molecule has 0 aliphatic rings. The number of benzene rings is 2. The molecule has 7 nitrogen and oxygen atoms in total. The van der Waals surface area contributed by atoms with Crippen LogP contribution in [-0.4, -0.2) is 27.0 Å². The topological polar surface area (TPSA) is 102 Å². The van der Waals surface area contributed by atoms with E-state index in [0.717, 1.165) is 19.3 Å². The number of anilines is 1. The Morgan fingerprint density at radius 2 is 1.20 bits per heavy atom. The number of unbranched alkanes of at least 4 members (excludes halogenated alkanes) is 15. The van der Waals surface area contributed by atoms with Crippen LogP contribution in [0.5, 0.6) is 0 Å². The van der Waals surface area contributed by atoms with Crippen LogP contribution >= 0.6 is 0 Å². The first-order valence-corrected chi connectivity index (χ1v) is 16.6. The summed E-state index contributed by atoms with van der Waals surface area (Å²) in [6.45, 7) is 2.61. The smallest absolute Gasteiger partial charge is 0.338 e. The van der Waals surface area contributed by atoms with Crippen molar-refractivity contribution in [1.29, 1.82) is 0 Å². The van der Waals surface area contributed by atoms with E-state index in [4.69, 9.17) is 4.74 Å². The van der Waals surface area contributed by atoms with E-state index in [1.165, 1.54) is 102 Å². The zero-order valence-electron chi connectivity index (χ0n) is 24.2. The highest BCUT2D eigenvalue weighted by atomic mass is 32.2. The van der Waals surface area contributed by atoms with Crippen LogP contribution in [0.1, 0.15) is 120 Å². The van der Waals surface area contributed by atoms with Crippen LogP contribution in [0.25, 0.3) is 0 Å². The van der Waals surface area contributed by atoms with E-state index >= 15 is 0 Å². The molecule has 0 fully saturated rings. The summed E-state index contributed by atoms with van der Waals surface area (Å²) in [5.41, 5.74) is 0.581. The van der Waals surface area contributed by atoms with E-state index in [0.29, 0.717) is 12.2 Å². The van der Waals surface area contributed by atoms with Gasteiger partial charge in [-0.15, -0.1) is 0 Å². The molecule has 0 bridgehead atoms. The molecule has 0 saturated heterocycles. The predicted octanol–water partition coefficient (Wildman–Crippen LogP) is 8.62. The monoisotopic (exact) mass is 572 g/mol. The average molecular weight is 573 g/mol. The van der Waals surface area contributed by atoms with Crippen molar-refractivity contribution in [2.24, 2.45) is 0 Å². The first-order valence-electron chi connectivity index (χ1n) is 15.1. The molecule has 40 heavy (non-hydrogen) atoms. The zero-order valence-corrected chi connectivity index (χ0v) is 25.0. The molecule has 2 rings (SSSR count). The lowest BCUT2D eigenvalue weighted by atomic mass is 10.0. The van der Waals surface area contributed by atoms with Crippen molar-refractivity contribution in [1.82, 2.24) is 4.72 Å². The molecule has 2 aromatic rings. The molecular weight excluding hydrogens is 524 g/mol. The third kappa shape index (κ3) is 14.5. The molecule has 0 aliphatic heterocycles.